The Morgan fingerprint density at radius 2 is 2.29 bits per heavy atom. The van der Waals surface area contributed by atoms with Crippen LogP contribution in [0.3, 0.4) is 0 Å². The molecule has 4 nitrogen and oxygen atoms in total. The van der Waals surface area contributed by atoms with E-state index in [9.17, 15) is 9.90 Å². The highest BCUT2D eigenvalue weighted by Gasteiger charge is 2.32. The number of aromatic hydroxyl groups is 1. The SMILES string of the molecule is Cc1c(O)cccc1C(=O)NC(C#N)C1CC1. The molecule has 0 radical (unpaired) electrons. The molecule has 2 N–H and O–H groups in total. The van der Waals surface area contributed by atoms with E-state index in [0.717, 1.165) is 12.8 Å². The molecule has 0 heterocycles. The van der Waals surface area contributed by atoms with Crippen molar-refractivity contribution in [2.24, 2.45) is 5.92 Å². The Bertz CT molecular complexity index is 487. The van der Waals surface area contributed by atoms with Gasteiger partial charge in [-0.1, -0.05) is 6.07 Å². The maximum atomic E-state index is 11.9. The normalized spacial score (nSPS) is 16.0. The zero-order valence-electron chi connectivity index (χ0n) is 9.60. The molecule has 1 fully saturated rings. The number of nitrogens with zero attached hydrogens (tertiary/aromatic N) is 1. The van der Waals surface area contributed by atoms with Crippen molar-refractivity contribution in [1.82, 2.24) is 5.32 Å². The van der Waals surface area contributed by atoms with Gasteiger partial charge in [0.1, 0.15) is 11.8 Å². The number of benzene rings is 1. The summed E-state index contributed by atoms with van der Waals surface area (Å²) >= 11 is 0. The monoisotopic (exact) mass is 230 g/mol. The lowest BCUT2D eigenvalue weighted by Crippen LogP contribution is -2.35. The van der Waals surface area contributed by atoms with Crippen molar-refractivity contribution in [2.75, 3.05) is 0 Å². The Morgan fingerprint density at radius 1 is 1.59 bits per heavy atom. The van der Waals surface area contributed by atoms with E-state index in [4.69, 9.17) is 5.26 Å². The molecule has 1 aliphatic rings. The summed E-state index contributed by atoms with van der Waals surface area (Å²) in [7, 11) is 0. The lowest BCUT2D eigenvalue weighted by molar-refractivity contribution is 0.0941. The summed E-state index contributed by atoms with van der Waals surface area (Å²) in [6.45, 7) is 1.68. The lowest BCUT2D eigenvalue weighted by atomic mass is 10.1. The Labute approximate surface area is 99.9 Å². The second-order valence-corrected chi connectivity index (χ2v) is 4.37. The minimum absolute atomic E-state index is 0.0950. The largest absolute Gasteiger partial charge is 0.508 e. The predicted molar refractivity (Wildman–Crippen MR) is 62.4 cm³/mol. The van der Waals surface area contributed by atoms with Crippen molar-refractivity contribution < 1.29 is 9.90 Å². The Balaban J connectivity index is 2.14. The van der Waals surface area contributed by atoms with E-state index in [1.807, 2.05) is 0 Å². The molecule has 1 aliphatic carbocycles. The van der Waals surface area contributed by atoms with Gasteiger partial charge < -0.3 is 10.4 Å². The number of hydrogen-bond donors (Lipinski definition) is 2. The van der Waals surface area contributed by atoms with Crippen LogP contribution in [-0.2, 0) is 0 Å². The highest BCUT2D eigenvalue weighted by Crippen LogP contribution is 2.32. The van der Waals surface area contributed by atoms with Crippen molar-refractivity contribution >= 4 is 5.91 Å². The van der Waals surface area contributed by atoms with Crippen LogP contribution in [0.15, 0.2) is 18.2 Å². The van der Waals surface area contributed by atoms with Crippen molar-refractivity contribution in [3.05, 3.63) is 29.3 Å². The highest BCUT2D eigenvalue weighted by atomic mass is 16.3. The molecule has 17 heavy (non-hydrogen) atoms. The molecule has 1 atom stereocenters. The van der Waals surface area contributed by atoms with Gasteiger partial charge >= 0.3 is 0 Å². The number of carbonyl (C=O) groups is 1. The van der Waals surface area contributed by atoms with Gasteiger partial charge in [-0.15, -0.1) is 0 Å². The second-order valence-electron chi connectivity index (χ2n) is 4.37. The van der Waals surface area contributed by atoms with Gasteiger partial charge in [0.25, 0.3) is 5.91 Å². The average Bonchev–Trinajstić information content (AvgIpc) is 3.13. The third kappa shape index (κ3) is 2.39. The number of nitrogens with one attached hydrogen (secondary N) is 1. The second kappa shape index (κ2) is 4.46. The standard InChI is InChI=1S/C13H14N2O2/c1-8-10(3-2-4-12(8)16)13(17)15-11(7-14)9-5-6-9/h2-4,9,11,16H,5-6H2,1H3,(H,15,17). The van der Waals surface area contributed by atoms with Gasteiger partial charge in [-0.05, 0) is 37.8 Å². The first-order valence-electron chi connectivity index (χ1n) is 5.62. The van der Waals surface area contributed by atoms with Crippen LogP contribution in [0.25, 0.3) is 0 Å². The fourth-order valence-corrected chi connectivity index (χ4v) is 1.77. The molecule has 88 valence electrons. The summed E-state index contributed by atoms with van der Waals surface area (Å²) in [5, 5.41) is 21.2. The minimum atomic E-state index is -0.413. The minimum Gasteiger partial charge on any atom is -0.508 e. The van der Waals surface area contributed by atoms with E-state index in [1.165, 1.54) is 6.07 Å². The van der Waals surface area contributed by atoms with Crippen molar-refractivity contribution in [3.63, 3.8) is 0 Å². The molecule has 0 saturated heterocycles. The van der Waals surface area contributed by atoms with E-state index in [0.29, 0.717) is 17.0 Å². The summed E-state index contributed by atoms with van der Waals surface area (Å²) in [5.41, 5.74) is 0.961. The topological polar surface area (TPSA) is 73.1 Å². The van der Waals surface area contributed by atoms with Crippen LogP contribution in [0.2, 0.25) is 0 Å². The molecule has 0 bridgehead atoms. The van der Waals surface area contributed by atoms with Crippen LogP contribution >= 0.6 is 0 Å². The van der Waals surface area contributed by atoms with Crippen LogP contribution in [0, 0.1) is 24.2 Å². The molecule has 1 amide bonds. The number of phenolic OH excluding ortho intramolecular Hbond substituents is 1. The summed E-state index contributed by atoms with van der Waals surface area (Å²) in [6, 6.07) is 6.49. The molecular formula is C13H14N2O2. The van der Waals surface area contributed by atoms with Crippen molar-refractivity contribution in [1.29, 1.82) is 5.26 Å². The molecule has 1 aromatic carbocycles. The molecule has 0 aliphatic heterocycles. The first-order valence-corrected chi connectivity index (χ1v) is 5.62. The van der Waals surface area contributed by atoms with Crippen LogP contribution in [0.1, 0.15) is 28.8 Å². The quantitative estimate of drug-likeness (QED) is 0.830. The molecule has 1 unspecified atom stereocenters. The number of phenols is 1. The first-order chi connectivity index (χ1) is 8.13. The summed E-state index contributed by atoms with van der Waals surface area (Å²) in [4.78, 5) is 11.9. The Kier molecular flexibility index (Phi) is 3.01. The zero-order chi connectivity index (χ0) is 12.4. The molecule has 4 heteroatoms. The number of hydrogen-bond acceptors (Lipinski definition) is 3. The Morgan fingerprint density at radius 3 is 2.88 bits per heavy atom. The maximum Gasteiger partial charge on any atom is 0.252 e. The summed E-state index contributed by atoms with van der Waals surface area (Å²) < 4.78 is 0. The molecular weight excluding hydrogens is 216 g/mol. The average molecular weight is 230 g/mol. The van der Waals surface area contributed by atoms with E-state index < -0.39 is 6.04 Å². The number of nitriles is 1. The highest BCUT2D eigenvalue weighted by molar-refractivity contribution is 5.96. The number of carbonyl (C=O) groups excluding carboxylic acids is 1. The van der Waals surface area contributed by atoms with Crippen LogP contribution in [0.5, 0.6) is 5.75 Å². The number of amides is 1. The van der Waals surface area contributed by atoms with Crippen molar-refractivity contribution in [3.8, 4) is 11.8 Å². The summed E-state index contributed by atoms with van der Waals surface area (Å²) in [6.07, 6.45) is 2.00. The molecule has 0 spiro atoms. The molecule has 1 aromatic rings. The van der Waals surface area contributed by atoms with E-state index >= 15 is 0 Å². The maximum absolute atomic E-state index is 11.9. The number of rotatable bonds is 3. The van der Waals surface area contributed by atoms with Crippen LogP contribution < -0.4 is 5.32 Å². The molecule has 1 saturated carbocycles. The fraction of sp³-hybridized carbons (Fsp3) is 0.385. The van der Waals surface area contributed by atoms with Crippen LogP contribution in [0.4, 0.5) is 0 Å². The Hall–Kier alpha value is -2.02. The smallest absolute Gasteiger partial charge is 0.252 e. The first kappa shape index (κ1) is 11.5. The molecule has 0 aromatic heterocycles. The lowest BCUT2D eigenvalue weighted by Gasteiger charge is -2.12. The fourth-order valence-electron chi connectivity index (χ4n) is 1.77. The third-order valence-electron chi connectivity index (χ3n) is 3.07. The van der Waals surface area contributed by atoms with Crippen LogP contribution in [-0.4, -0.2) is 17.1 Å². The summed E-state index contributed by atoms with van der Waals surface area (Å²) in [5.74, 6) is 0.0935. The van der Waals surface area contributed by atoms with E-state index in [-0.39, 0.29) is 11.7 Å². The van der Waals surface area contributed by atoms with Gasteiger partial charge in [0, 0.05) is 11.1 Å². The van der Waals surface area contributed by atoms with Gasteiger partial charge in [-0.25, -0.2) is 0 Å². The molecule has 2 rings (SSSR count). The van der Waals surface area contributed by atoms with Gasteiger partial charge in [0.05, 0.1) is 6.07 Å². The zero-order valence-corrected chi connectivity index (χ0v) is 9.60. The van der Waals surface area contributed by atoms with Gasteiger partial charge in [0.15, 0.2) is 0 Å². The van der Waals surface area contributed by atoms with Gasteiger partial charge in [-0.3, -0.25) is 4.79 Å². The predicted octanol–water partition coefficient (Wildman–Crippen LogP) is 1.73. The van der Waals surface area contributed by atoms with E-state index in [1.54, 1.807) is 19.1 Å². The van der Waals surface area contributed by atoms with E-state index in [2.05, 4.69) is 11.4 Å². The van der Waals surface area contributed by atoms with Gasteiger partial charge in [0.2, 0.25) is 0 Å². The van der Waals surface area contributed by atoms with Crippen molar-refractivity contribution in [2.45, 2.75) is 25.8 Å². The van der Waals surface area contributed by atoms with Gasteiger partial charge in [-0.2, -0.15) is 5.26 Å². The third-order valence-corrected chi connectivity index (χ3v) is 3.07.